The molecule has 0 bridgehead atoms. The lowest BCUT2D eigenvalue weighted by molar-refractivity contribution is -0.115. The summed E-state index contributed by atoms with van der Waals surface area (Å²) >= 11 is 0. The molecule has 4 heteroatoms. The predicted octanol–water partition coefficient (Wildman–Crippen LogP) is 2.47. The van der Waals surface area contributed by atoms with Gasteiger partial charge >= 0.3 is 0 Å². The summed E-state index contributed by atoms with van der Waals surface area (Å²) in [6, 6.07) is 7.51. The molecule has 0 spiro atoms. The van der Waals surface area contributed by atoms with Crippen LogP contribution in [0.2, 0.25) is 0 Å². The van der Waals surface area contributed by atoms with Gasteiger partial charge in [-0.2, -0.15) is 0 Å². The number of benzene rings is 1. The molecule has 2 aromatic rings. The van der Waals surface area contributed by atoms with Gasteiger partial charge in [0.25, 0.3) is 0 Å². The van der Waals surface area contributed by atoms with Crippen LogP contribution in [-0.4, -0.2) is 11.1 Å². The van der Waals surface area contributed by atoms with Crippen molar-refractivity contribution in [1.29, 1.82) is 0 Å². The minimum atomic E-state index is -0.0952. The van der Waals surface area contributed by atoms with Crippen molar-refractivity contribution < 1.29 is 9.32 Å². The Labute approximate surface area is 99.6 Å². The van der Waals surface area contributed by atoms with Crippen molar-refractivity contribution in [3.05, 3.63) is 47.3 Å². The smallest absolute Gasteiger partial charge is 0.230 e. The first-order valence-electron chi connectivity index (χ1n) is 5.41. The van der Waals surface area contributed by atoms with Gasteiger partial charge in [0.1, 0.15) is 6.26 Å². The zero-order valence-corrected chi connectivity index (χ0v) is 9.86. The number of amides is 1. The van der Waals surface area contributed by atoms with Crippen LogP contribution >= 0.6 is 0 Å². The van der Waals surface area contributed by atoms with Gasteiger partial charge in [-0.3, -0.25) is 4.79 Å². The molecule has 88 valence electrons. The molecule has 2 rings (SSSR count). The molecule has 0 atom stereocenters. The van der Waals surface area contributed by atoms with Gasteiger partial charge in [0.05, 0.1) is 12.1 Å². The molecule has 4 nitrogen and oxygen atoms in total. The predicted molar refractivity (Wildman–Crippen MR) is 64.8 cm³/mol. The molecule has 1 aromatic carbocycles. The third-order valence-corrected chi connectivity index (χ3v) is 2.62. The van der Waals surface area contributed by atoms with Crippen LogP contribution in [0.25, 0.3) is 0 Å². The SMILES string of the molecule is Cc1ccc(NC(=O)Cc2ccon2)cc1C. The highest BCUT2D eigenvalue weighted by molar-refractivity contribution is 5.92. The highest BCUT2D eigenvalue weighted by Gasteiger charge is 2.06. The quantitative estimate of drug-likeness (QED) is 0.881. The molecule has 0 saturated carbocycles. The molecule has 1 aromatic heterocycles. The molecule has 0 unspecified atom stereocenters. The van der Waals surface area contributed by atoms with Gasteiger partial charge in [0.15, 0.2) is 0 Å². The van der Waals surface area contributed by atoms with Gasteiger partial charge in [-0.1, -0.05) is 11.2 Å². The molecule has 0 fully saturated rings. The van der Waals surface area contributed by atoms with Crippen molar-refractivity contribution in [3.63, 3.8) is 0 Å². The summed E-state index contributed by atoms with van der Waals surface area (Å²) < 4.78 is 4.67. The number of hydrogen-bond acceptors (Lipinski definition) is 3. The zero-order valence-electron chi connectivity index (χ0n) is 9.86. The maximum absolute atomic E-state index is 11.7. The minimum Gasteiger partial charge on any atom is -0.364 e. The highest BCUT2D eigenvalue weighted by Crippen LogP contribution is 2.14. The Morgan fingerprint density at radius 1 is 1.29 bits per heavy atom. The van der Waals surface area contributed by atoms with Crippen molar-refractivity contribution in [2.75, 3.05) is 5.32 Å². The van der Waals surface area contributed by atoms with E-state index in [1.54, 1.807) is 6.07 Å². The molecule has 17 heavy (non-hydrogen) atoms. The number of carbonyl (C=O) groups is 1. The second-order valence-corrected chi connectivity index (χ2v) is 4.01. The summed E-state index contributed by atoms with van der Waals surface area (Å²) in [5.74, 6) is -0.0952. The van der Waals surface area contributed by atoms with E-state index >= 15 is 0 Å². The Hall–Kier alpha value is -2.10. The Balaban J connectivity index is 2.00. The van der Waals surface area contributed by atoms with E-state index in [2.05, 4.69) is 15.0 Å². The van der Waals surface area contributed by atoms with Crippen LogP contribution in [0.4, 0.5) is 5.69 Å². The third kappa shape index (κ3) is 2.93. The van der Waals surface area contributed by atoms with E-state index < -0.39 is 0 Å². The number of nitrogens with zero attached hydrogens (tertiary/aromatic N) is 1. The average molecular weight is 230 g/mol. The molecule has 0 radical (unpaired) electrons. The highest BCUT2D eigenvalue weighted by atomic mass is 16.5. The number of rotatable bonds is 3. The van der Waals surface area contributed by atoms with Crippen molar-refractivity contribution >= 4 is 11.6 Å². The summed E-state index contributed by atoms with van der Waals surface area (Å²) in [6.45, 7) is 4.05. The second kappa shape index (κ2) is 4.82. The Bertz CT molecular complexity index is 518. The molecular formula is C13H14N2O2. The number of hydrogen-bond donors (Lipinski definition) is 1. The Morgan fingerprint density at radius 2 is 2.12 bits per heavy atom. The summed E-state index contributed by atoms with van der Waals surface area (Å²) in [7, 11) is 0. The van der Waals surface area contributed by atoms with Gasteiger partial charge in [0.2, 0.25) is 5.91 Å². The van der Waals surface area contributed by atoms with Crippen molar-refractivity contribution in [3.8, 4) is 0 Å². The van der Waals surface area contributed by atoms with E-state index in [4.69, 9.17) is 0 Å². The van der Waals surface area contributed by atoms with Gasteiger partial charge in [-0.05, 0) is 37.1 Å². The van der Waals surface area contributed by atoms with Crippen LogP contribution < -0.4 is 5.32 Å². The van der Waals surface area contributed by atoms with Crippen LogP contribution in [0.5, 0.6) is 0 Å². The van der Waals surface area contributed by atoms with Crippen LogP contribution in [-0.2, 0) is 11.2 Å². The van der Waals surface area contributed by atoms with E-state index in [0.717, 1.165) is 11.3 Å². The van der Waals surface area contributed by atoms with Gasteiger partial charge in [0, 0.05) is 11.8 Å². The lowest BCUT2D eigenvalue weighted by Crippen LogP contribution is -2.14. The summed E-state index contributed by atoms with van der Waals surface area (Å²) in [5, 5.41) is 6.52. The molecular weight excluding hydrogens is 216 g/mol. The standard InChI is InChI=1S/C13H14N2O2/c1-9-3-4-11(7-10(9)2)14-13(16)8-12-5-6-17-15-12/h3-7H,8H2,1-2H3,(H,14,16). The van der Waals surface area contributed by atoms with Crippen LogP contribution in [0.3, 0.4) is 0 Å². The molecule has 0 aliphatic heterocycles. The summed E-state index contributed by atoms with van der Waals surface area (Å²) in [5.41, 5.74) is 3.80. The topological polar surface area (TPSA) is 55.1 Å². The fraction of sp³-hybridized carbons (Fsp3) is 0.231. The zero-order chi connectivity index (χ0) is 12.3. The second-order valence-electron chi connectivity index (χ2n) is 4.01. The van der Waals surface area contributed by atoms with E-state index in [1.165, 1.54) is 11.8 Å². The summed E-state index contributed by atoms with van der Waals surface area (Å²) in [4.78, 5) is 11.7. The average Bonchev–Trinajstić information content (AvgIpc) is 2.76. The van der Waals surface area contributed by atoms with Crippen LogP contribution in [0, 0.1) is 13.8 Å². The lowest BCUT2D eigenvalue weighted by Gasteiger charge is -2.06. The maximum Gasteiger partial charge on any atom is 0.230 e. The van der Waals surface area contributed by atoms with E-state index in [-0.39, 0.29) is 12.3 Å². The lowest BCUT2D eigenvalue weighted by atomic mass is 10.1. The monoisotopic (exact) mass is 230 g/mol. The molecule has 1 N–H and O–H groups in total. The third-order valence-electron chi connectivity index (χ3n) is 2.62. The fourth-order valence-corrected chi connectivity index (χ4v) is 1.52. The van der Waals surface area contributed by atoms with E-state index in [0.29, 0.717) is 5.69 Å². The number of aromatic nitrogens is 1. The normalized spacial score (nSPS) is 10.2. The first kappa shape index (κ1) is 11.4. The van der Waals surface area contributed by atoms with Gasteiger partial charge in [-0.25, -0.2) is 0 Å². The molecule has 1 heterocycles. The molecule has 0 saturated heterocycles. The first-order valence-corrected chi connectivity index (χ1v) is 5.41. The number of anilines is 1. The van der Waals surface area contributed by atoms with E-state index in [9.17, 15) is 4.79 Å². The van der Waals surface area contributed by atoms with Crippen LogP contribution in [0.15, 0.2) is 35.1 Å². The minimum absolute atomic E-state index is 0.0952. The maximum atomic E-state index is 11.7. The van der Waals surface area contributed by atoms with Crippen molar-refractivity contribution in [1.82, 2.24) is 5.16 Å². The van der Waals surface area contributed by atoms with Gasteiger partial charge < -0.3 is 9.84 Å². The molecule has 1 amide bonds. The van der Waals surface area contributed by atoms with Crippen molar-refractivity contribution in [2.45, 2.75) is 20.3 Å². The van der Waals surface area contributed by atoms with Crippen molar-refractivity contribution in [2.24, 2.45) is 0 Å². The largest absolute Gasteiger partial charge is 0.364 e. The fourth-order valence-electron chi connectivity index (χ4n) is 1.52. The van der Waals surface area contributed by atoms with E-state index in [1.807, 2.05) is 32.0 Å². The number of carbonyl (C=O) groups excluding carboxylic acids is 1. The molecule has 0 aliphatic carbocycles. The molecule has 0 aliphatic rings. The number of nitrogens with one attached hydrogen (secondary N) is 1. The number of aryl methyl sites for hydroxylation is 2. The first-order chi connectivity index (χ1) is 8.15. The van der Waals surface area contributed by atoms with Gasteiger partial charge in [-0.15, -0.1) is 0 Å². The van der Waals surface area contributed by atoms with Crippen LogP contribution in [0.1, 0.15) is 16.8 Å². The Morgan fingerprint density at radius 3 is 2.76 bits per heavy atom. The summed E-state index contributed by atoms with van der Waals surface area (Å²) in [6.07, 6.45) is 1.68. The Kier molecular flexibility index (Phi) is 3.23.